The summed E-state index contributed by atoms with van der Waals surface area (Å²) in [4.78, 5) is 14.2. The summed E-state index contributed by atoms with van der Waals surface area (Å²) in [6.45, 7) is 7.07. The molecule has 0 aromatic carbocycles. The van der Waals surface area contributed by atoms with Crippen molar-refractivity contribution in [1.82, 2.24) is 20.4 Å². The van der Waals surface area contributed by atoms with Gasteiger partial charge in [-0.05, 0) is 32.4 Å². The molecule has 0 aliphatic carbocycles. The molecule has 1 aromatic rings. The van der Waals surface area contributed by atoms with E-state index in [4.69, 9.17) is 4.42 Å². The van der Waals surface area contributed by atoms with Crippen molar-refractivity contribution in [1.29, 1.82) is 0 Å². The maximum atomic E-state index is 12.0. The molecule has 0 radical (unpaired) electrons. The number of nitrogens with zero attached hydrogens (tertiary/aromatic N) is 3. The maximum Gasteiger partial charge on any atom is 0.322 e. The Kier molecular flexibility index (Phi) is 6.13. The lowest BCUT2D eigenvalue weighted by Gasteiger charge is -2.29. The van der Waals surface area contributed by atoms with Crippen LogP contribution in [0.5, 0.6) is 0 Å². The van der Waals surface area contributed by atoms with Crippen molar-refractivity contribution in [3.8, 4) is 0 Å². The van der Waals surface area contributed by atoms with Crippen LogP contribution in [0.4, 0.5) is 6.01 Å². The highest BCUT2D eigenvalue weighted by Gasteiger charge is 2.18. The normalized spacial score (nSPS) is 18.9. The lowest BCUT2D eigenvalue weighted by molar-refractivity contribution is -0.117. The Hall–Kier alpha value is -1.47. The van der Waals surface area contributed by atoms with Crippen molar-refractivity contribution in [2.75, 3.05) is 31.5 Å². The predicted molar refractivity (Wildman–Crippen MR) is 80.0 cm³/mol. The summed E-state index contributed by atoms with van der Waals surface area (Å²) in [6.07, 6.45) is 4.73. The summed E-state index contributed by atoms with van der Waals surface area (Å²) in [7, 11) is 0. The molecule has 21 heavy (non-hydrogen) atoms. The topological polar surface area (TPSA) is 83.3 Å². The van der Waals surface area contributed by atoms with Gasteiger partial charge in [0.25, 0.3) is 0 Å². The highest BCUT2D eigenvalue weighted by Crippen LogP contribution is 2.09. The van der Waals surface area contributed by atoms with E-state index in [1.54, 1.807) is 6.92 Å². The highest BCUT2D eigenvalue weighted by molar-refractivity contribution is 5.90. The van der Waals surface area contributed by atoms with Crippen molar-refractivity contribution >= 4 is 11.9 Å². The average Bonchev–Trinajstić information content (AvgIpc) is 2.85. The van der Waals surface area contributed by atoms with Gasteiger partial charge in [0.05, 0.1) is 6.54 Å². The van der Waals surface area contributed by atoms with Crippen LogP contribution >= 0.6 is 0 Å². The average molecular weight is 295 g/mol. The number of anilines is 1. The second-order valence-electron chi connectivity index (χ2n) is 5.56. The molecular weight excluding hydrogens is 270 g/mol. The number of rotatable bonds is 7. The molecule has 7 heteroatoms. The first-order chi connectivity index (χ1) is 10.2. The Morgan fingerprint density at radius 1 is 1.48 bits per heavy atom. The smallest absolute Gasteiger partial charge is 0.322 e. The number of aryl methyl sites for hydroxylation is 1. The van der Waals surface area contributed by atoms with Gasteiger partial charge in [0, 0.05) is 19.5 Å². The molecule has 1 aromatic heterocycles. The molecule has 1 fully saturated rings. The van der Waals surface area contributed by atoms with Gasteiger partial charge in [0.15, 0.2) is 0 Å². The van der Waals surface area contributed by atoms with Gasteiger partial charge < -0.3 is 9.73 Å². The van der Waals surface area contributed by atoms with Crippen molar-refractivity contribution < 1.29 is 9.21 Å². The molecule has 1 saturated heterocycles. The number of hydrogen-bond donors (Lipinski definition) is 2. The molecule has 2 N–H and O–H groups in total. The summed E-state index contributed by atoms with van der Waals surface area (Å²) < 4.78 is 5.16. The monoisotopic (exact) mass is 295 g/mol. The first-order valence-electron chi connectivity index (χ1n) is 7.73. The van der Waals surface area contributed by atoms with Crippen LogP contribution < -0.4 is 10.6 Å². The van der Waals surface area contributed by atoms with Crippen LogP contribution in [0.3, 0.4) is 0 Å². The third-order valence-electron chi connectivity index (χ3n) is 3.57. The van der Waals surface area contributed by atoms with Crippen molar-refractivity contribution in [3.05, 3.63) is 5.89 Å². The second kappa shape index (κ2) is 8.09. The zero-order valence-electron chi connectivity index (χ0n) is 12.9. The van der Waals surface area contributed by atoms with Gasteiger partial charge in [-0.25, -0.2) is 0 Å². The van der Waals surface area contributed by atoms with E-state index in [0.717, 1.165) is 26.1 Å². The van der Waals surface area contributed by atoms with E-state index in [-0.39, 0.29) is 11.9 Å². The molecular formula is C14H25N5O2. The van der Waals surface area contributed by atoms with E-state index in [1.807, 2.05) is 0 Å². The minimum Gasteiger partial charge on any atom is -0.408 e. The summed E-state index contributed by atoms with van der Waals surface area (Å²) in [5.41, 5.74) is 0. The largest absolute Gasteiger partial charge is 0.408 e. The van der Waals surface area contributed by atoms with E-state index in [1.165, 1.54) is 19.3 Å². The fraction of sp³-hybridized carbons (Fsp3) is 0.786. The zero-order valence-corrected chi connectivity index (χ0v) is 12.9. The number of aromatic nitrogens is 2. The first-order valence-corrected chi connectivity index (χ1v) is 7.73. The maximum absolute atomic E-state index is 12.0. The number of piperidine rings is 1. The second-order valence-corrected chi connectivity index (χ2v) is 5.56. The Morgan fingerprint density at radius 2 is 2.33 bits per heavy atom. The summed E-state index contributed by atoms with van der Waals surface area (Å²) in [5.74, 6) is 0.338. The Labute approximate surface area is 125 Å². The van der Waals surface area contributed by atoms with Crippen LogP contribution in [0.25, 0.3) is 0 Å². The van der Waals surface area contributed by atoms with Crippen molar-refractivity contribution in [2.24, 2.45) is 0 Å². The van der Waals surface area contributed by atoms with Gasteiger partial charge in [0.1, 0.15) is 0 Å². The molecule has 0 spiro atoms. The lowest BCUT2D eigenvalue weighted by Crippen LogP contribution is -2.46. The molecule has 1 atom stereocenters. The standard InChI is InChI=1S/C14H25N5O2/c1-3-8-19(9-12-6-4-5-7-15-12)10-13(20)16-14-18-17-11(2)21-14/h12,15H,3-10H2,1-2H3,(H,16,18,20). The van der Waals surface area contributed by atoms with Gasteiger partial charge in [-0.1, -0.05) is 18.4 Å². The number of nitrogens with one attached hydrogen (secondary N) is 2. The third kappa shape index (κ3) is 5.43. The van der Waals surface area contributed by atoms with Crippen LogP contribution in [0, 0.1) is 6.92 Å². The van der Waals surface area contributed by atoms with Gasteiger partial charge in [-0.15, -0.1) is 5.10 Å². The Morgan fingerprint density at radius 3 is 2.95 bits per heavy atom. The number of carbonyl (C=O) groups is 1. The van der Waals surface area contributed by atoms with E-state index < -0.39 is 0 Å². The van der Waals surface area contributed by atoms with Crippen molar-refractivity contribution in [2.45, 2.75) is 45.6 Å². The predicted octanol–water partition coefficient (Wildman–Crippen LogP) is 1.17. The van der Waals surface area contributed by atoms with Crippen molar-refractivity contribution in [3.63, 3.8) is 0 Å². The van der Waals surface area contributed by atoms with Gasteiger partial charge >= 0.3 is 6.01 Å². The van der Waals surface area contributed by atoms with Gasteiger partial charge in [-0.2, -0.15) is 0 Å². The quantitative estimate of drug-likeness (QED) is 0.785. The van der Waals surface area contributed by atoms with Crippen LogP contribution in [-0.2, 0) is 4.79 Å². The molecule has 2 heterocycles. The minimum absolute atomic E-state index is 0.108. The molecule has 7 nitrogen and oxygen atoms in total. The summed E-state index contributed by atoms with van der Waals surface area (Å²) in [5, 5.41) is 13.6. The minimum atomic E-state index is -0.108. The molecule has 1 amide bonds. The summed E-state index contributed by atoms with van der Waals surface area (Å²) >= 11 is 0. The molecule has 1 unspecified atom stereocenters. The lowest BCUT2D eigenvalue weighted by atomic mass is 10.0. The van der Waals surface area contributed by atoms with Crippen LogP contribution in [0.15, 0.2) is 4.42 Å². The molecule has 2 rings (SSSR count). The Balaban J connectivity index is 1.81. The van der Waals surface area contributed by atoms with E-state index >= 15 is 0 Å². The van der Waals surface area contributed by atoms with E-state index in [0.29, 0.717) is 18.5 Å². The third-order valence-corrected chi connectivity index (χ3v) is 3.57. The molecule has 118 valence electrons. The fourth-order valence-electron chi connectivity index (χ4n) is 2.65. The fourth-order valence-corrected chi connectivity index (χ4v) is 2.65. The molecule has 0 saturated carbocycles. The van der Waals surface area contributed by atoms with Crippen LogP contribution in [0.1, 0.15) is 38.5 Å². The van der Waals surface area contributed by atoms with Crippen LogP contribution in [-0.4, -0.2) is 53.2 Å². The molecule has 0 bridgehead atoms. The SMILES string of the molecule is CCCN(CC(=O)Nc1nnc(C)o1)CC1CCCCN1. The highest BCUT2D eigenvalue weighted by atomic mass is 16.4. The number of carbonyl (C=O) groups excluding carboxylic acids is 1. The summed E-state index contributed by atoms with van der Waals surface area (Å²) in [6, 6.07) is 0.661. The first kappa shape index (κ1) is 15.9. The van der Waals surface area contributed by atoms with E-state index in [9.17, 15) is 4.79 Å². The Bertz CT molecular complexity index is 442. The van der Waals surface area contributed by atoms with Crippen LogP contribution in [0.2, 0.25) is 0 Å². The number of hydrogen-bond acceptors (Lipinski definition) is 6. The molecule has 1 aliphatic heterocycles. The number of amides is 1. The van der Waals surface area contributed by atoms with Gasteiger partial charge in [0.2, 0.25) is 11.8 Å². The molecule has 1 aliphatic rings. The zero-order chi connectivity index (χ0) is 15.1. The van der Waals surface area contributed by atoms with Gasteiger partial charge in [-0.3, -0.25) is 15.0 Å². The van der Waals surface area contributed by atoms with E-state index in [2.05, 4.69) is 32.7 Å².